The van der Waals surface area contributed by atoms with Gasteiger partial charge in [-0.2, -0.15) is 0 Å². The molecule has 0 saturated carbocycles. The van der Waals surface area contributed by atoms with Crippen LogP contribution in [-0.4, -0.2) is 45.2 Å². The average Bonchev–Trinajstić information content (AvgIpc) is 2.61. The lowest BCUT2D eigenvalue weighted by atomic mass is 9.92. The van der Waals surface area contributed by atoms with E-state index in [1.54, 1.807) is 7.11 Å². The van der Waals surface area contributed by atoms with Crippen LogP contribution in [0.2, 0.25) is 0 Å². The molecular formula is C20H34N4O2. The maximum absolute atomic E-state index is 12.1. The first-order valence-electron chi connectivity index (χ1n) is 9.28. The lowest BCUT2D eigenvalue weighted by Crippen LogP contribution is -2.42. The summed E-state index contributed by atoms with van der Waals surface area (Å²) >= 11 is 0. The number of guanidine groups is 1. The van der Waals surface area contributed by atoms with E-state index in [1.165, 1.54) is 5.56 Å². The van der Waals surface area contributed by atoms with Crippen LogP contribution >= 0.6 is 0 Å². The number of hydrogen-bond acceptors (Lipinski definition) is 3. The molecule has 0 aliphatic carbocycles. The SMILES string of the molecule is CCNC(=O)C(C)(C)CN=C(NCC)NCCc1ccc(C)c(OC)c1. The Hall–Kier alpha value is -2.24. The molecule has 0 radical (unpaired) electrons. The first-order valence-corrected chi connectivity index (χ1v) is 9.28. The van der Waals surface area contributed by atoms with E-state index in [2.05, 4.69) is 39.1 Å². The third kappa shape index (κ3) is 6.94. The summed E-state index contributed by atoms with van der Waals surface area (Å²) in [5.41, 5.74) is 1.80. The minimum absolute atomic E-state index is 0.0198. The Bertz CT molecular complexity index is 612. The molecule has 0 heterocycles. The van der Waals surface area contributed by atoms with Gasteiger partial charge in [0.25, 0.3) is 0 Å². The molecule has 26 heavy (non-hydrogen) atoms. The molecule has 0 aliphatic rings. The van der Waals surface area contributed by atoms with Crippen LogP contribution in [0.15, 0.2) is 23.2 Å². The topological polar surface area (TPSA) is 74.8 Å². The largest absolute Gasteiger partial charge is 0.496 e. The summed E-state index contributed by atoms with van der Waals surface area (Å²) in [6, 6.07) is 6.25. The van der Waals surface area contributed by atoms with Crippen LogP contribution in [0.25, 0.3) is 0 Å². The summed E-state index contributed by atoms with van der Waals surface area (Å²) in [6.07, 6.45) is 0.862. The maximum Gasteiger partial charge on any atom is 0.227 e. The molecule has 1 aromatic carbocycles. The lowest BCUT2D eigenvalue weighted by Gasteiger charge is -2.22. The number of carbonyl (C=O) groups excluding carboxylic acids is 1. The Morgan fingerprint density at radius 3 is 2.46 bits per heavy atom. The highest BCUT2D eigenvalue weighted by Gasteiger charge is 2.26. The standard InChI is InChI=1S/C20H34N4O2/c1-7-21-18(25)20(4,5)14-24-19(22-8-2)23-12-11-16-10-9-15(3)17(13-16)26-6/h9-10,13H,7-8,11-12,14H2,1-6H3,(H,21,25)(H2,22,23,24). The fourth-order valence-electron chi connectivity index (χ4n) is 2.44. The van der Waals surface area contributed by atoms with Crippen LogP contribution in [0.1, 0.15) is 38.8 Å². The van der Waals surface area contributed by atoms with Crippen molar-refractivity contribution in [2.24, 2.45) is 10.4 Å². The van der Waals surface area contributed by atoms with Gasteiger partial charge in [0.2, 0.25) is 5.91 Å². The molecule has 3 N–H and O–H groups in total. The molecule has 0 atom stereocenters. The van der Waals surface area contributed by atoms with Gasteiger partial charge in [-0.15, -0.1) is 0 Å². The summed E-state index contributed by atoms with van der Waals surface area (Å²) < 4.78 is 5.38. The Balaban J connectivity index is 2.63. The zero-order valence-electron chi connectivity index (χ0n) is 17.0. The predicted molar refractivity (Wildman–Crippen MR) is 108 cm³/mol. The molecule has 0 bridgehead atoms. The van der Waals surface area contributed by atoms with E-state index in [4.69, 9.17) is 4.74 Å². The molecule has 1 rings (SSSR count). The monoisotopic (exact) mass is 362 g/mol. The number of benzene rings is 1. The van der Waals surface area contributed by atoms with Crippen LogP contribution in [0, 0.1) is 12.3 Å². The van der Waals surface area contributed by atoms with Gasteiger partial charge < -0.3 is 20.7 Å². The van der Waals surface area contributed by atoms with Gasteiger partial charge in [0.15, 0.2) is 5.96 Å². The fraction of sp³-hybridized carbons (Fsp3) is 0.600. The van der Waals surface area contributed by atoms with Crippen LogP contribution in [0.5, 0.6) is 5.75 Å². The Morgan fingerprint density at radius 1 is 1.15 bits per heavy atom. The number of methoxy groups -OCH3 is 1. The molecule has 0 aromatic heterocycles. The van der Waals surface area contributed by atoms with Gasteiger partial charge >= 0.3 is 0 Å². The number of nitrogens with one attached hydrogen (secondary N) is 3. The zero-order valence-corrected chi connectivity index (χ0v) is 17.0. The van der Waals surface area contributed by atoms with Crippen molar-refractivity contribution in [1.82, 2.24) is 16.0 Å². The molecule has 0 fully saturated rings. The van der Waals surface area contributed by atoms with E-state index >= 15 is 0 Å². The van der Waals surface area contributed by atoms with Gasteiger partial charge in [0, 0.05) is 19.6 Å². The van der Waals surface area contributed by atoms with Gasteiger partial charge in [-0.05, 0) is 58.2 Å². The minimum Gasteiger partial charge on any atom is -0.496 e. The van der Waals surface area contributed by atoms with E-state index in [0.717, 1.165) is 36.8 Å². The van der Waals surface area contributed by atoms with Crippen molar-refractivity contribution in [2.75, 3.05) is 33.3 Å². The van der Waals surface area contributed by atoms with Crippen molar-refractivity contribution in [3.8, 4) is 5.75 Å². The van der Waals surface area contributed by atoms with Crippen molar-refractivity contribution in [3.63, 3.8) is 0 Å². The minimum atomic E-state index is -0.539. The fourth-order valence-corrected chi connectivity index (χ4v) is 2.44. The number of aliphatic imine (C=N–C) groups is 1. The second kappa shape index (κ2) is 10.7. The summed E-state index contributed by atoms with van der Waals surface area (Å²) in [5, 5.41) is 9.42. The van der Waals surface area contributed by atoms with Crippen molar-refractivity contribution >= 4 is 11.9 Å². The van der Waals surface area contributed by atoms with Gasteiger partial charge in [-0.25, -0.2) is 0 Å². The predicted octanol–water partition coefficient (Wildman–Crippen LogP) is 2.26. The third-order valence-electron chi connectivity index (χ3n) is 4.11. The van der Waals surface area contributed by atoms with Crippen molar-refractivity contribution in [3.05, 3.63) is 29.3 Å². The number of ether oxygens (including phenoxy) is 1. The molecule has 1 aromatic rings. The molecular weight excluding hydrogens is 328 g/mol. The normalized spacial score (nSPS) is 11.8. The van der Waals surface area contributed by atoms with Gasteiger partial charge in [0.05, 0.1) is 19.1 Å². The molecule has 146 valence electrons. The highest BCUT2D eigenvalue weighted by molar-refractivity contribution is 5.83. The van der Waals surface area contributed by atoms with Crippen molar-refractivity contribution in [1.29, 1.82) is 0 Å². The van der Waals surface area contributed by atoms with E-state index < -0.39 is 5.41 Å². The van der Waals surface area contributed by atoms with Crippen molar-refractivity contribution < 1.29 is 9.53 Å². The Labute approximate surface area is 157 Å². The number of rotatable bonds is 9. The van der Waals surface area contributed by atoms with Crippen LogP contribution in [0.4, 0.5) is 0 Å². The maximum atomic E-state index is 12.1. The van der Waals surface area contributed by atoms with Crippen LogP contribution in [-0.2, 0) is 11.2 Å². The molecule has 6 heteroatoms. The Morgan fingerprint density at radius 2 is 1.85 bits per heavy atom. The quantitative estimate of drug-likeness (QED) is 0.465. The van der Waals surface area contributed by atoms with Gasteiger partial charge in [-0.3, -0.25) is 9.79 Å². The summed E-state index contributed by atoms with van der Waals surface area (Å²) in [4.78, 5) is 16.7. The van der Waals surface area contributed by atoms with Crippen molar-refractivity contribution in [2.45, 2.75) is 41.0 Å². The van der Waals surface area contributed by atoms with E-state index in [1.807, 2.05) is 34.6 Å². The highest BCUT2D eigenvalue weighted by atomic mass is 16.5. The first-order chi connectivity index (χ1) is 12.3. The highest BCUT2D eigenvalue weighted by Crippen LogP contribution is 2.19. The van der Waals surface area contributed by atoms with E-state index in [0.29, 0.717) is 13.1 Å². The number of aryl methyl sites for hydroxylation is 1. The van der Waals surface area contributed by atoms with Gasteiger partial charge in [-0.1, -0.05) is 12.1 Å². The summed E-state index contributed by atoms with van der Waals surface area (Å²) in [6.45, 7) is 12.4. The van der Waals surface area contributed by atoms with Crippen LogP contribution < -0.4 is 20.7 Å². The molecule has 0 aliphatic heterocycles. The lowest BCUT2D eigenvalue weighted by molar-refractivity contribution is -0.128. The first kappa shape index (κ1) is 21.8. The average molecular weight is 363 g/mol. The second-order valence-corrected chi connectivity index (χ2v) is 6.92. The van der Waals surface area contributed by atoms with Crippen LogP contribution in [0.3, 0.4) is 0 Å². The van der Waals surface area contributed by atoms with Gasteiger partial charge in [0.1, 0.15) is 5.75 Å². The third-order valence-corrected chi connectivity index (χ3v) is 4.11. The molecule has 1 amide bonds. The molecule has 0 unspecified atom stereocenters. The number of hydrogen-bond donors (Lipinski definition) is 3. The van der Waals surface area contributed by atoms with E-state index in [9.17, 15) is 4.79 Å². The summed E-state index contributed by atoms with van der Waals surface area (Å²) in [5.74, 6) is 1.65. The second-order valence-electron chi connectivity index (χ2n) is 6.92. The molecule has 0 spiro atoms. The Kier molecular flexibility index (Phi) is 8.96. The molecule has 0 saturated heterocycles. The summed E-state index contributed by atoms with van der Waals surface area (Å²) in [7, 11) is 1.69. The molecule has 6 nitrogen and oxygen atoms in total. The zero-order chi connectivity index (χ0) is 19.6. The smallest absolute Gasteiger partial charge is 0.227 e. The van der Waals surface area contributed by atoms with E-state index in [-0.39, 0.29) is 5.91 Å². The number of carbonyl (C=O) groups is 1. The number of nitrogens with zero attached hydrogens (tertiary/aromatic N) is 1. The number of amides is 1.